The Morgan fingerprint density at radius 2 is 1.87 bits per heavy atom. The van der Waals surface area contributed by atoms with Crippen molar-refractivity contribution < 1.29 is 23.7 Å². The maximum atomic E-state index is 12.8. The number of hydrogen-bond donors (Lipinski definition) is 1. The number of ether oxygens (including phenoxy) is 4. The van der Waals surface area contributed by atoms with Gasteiger partial charge in [-0.1, -0.05) is 44.9 Å². The smallest absolute Gasteiger partial charge is 0.256 e. The number of unbranched alkanes of at least 4 members (excludes halogenated alkanes) is 2. The Labute approximate surface area is 222 Å². The molecule has 2 bridgehead atoms. The number of aromatic nitrogens is 4. The summed E-state index contributed by atoms with van der Waals surface area (Å²) < 4.78 is 28.1. The highest BCUT2D eigenvalue weighted by Crippen LogP contribution is 2.65. The van der Waals surface area contributed by atoms with Crippen LogP contribution in [0.25, 0.3) is 11.2 Å². The van der Waals surface area contributed by atoms with E-state index < -0.39 is 11.8 Å². The number of hydrogen-bond acceptors (Lipinski definition) is 8. The van der Waals surface area contributed by atoms with Crippen LogP contribution in [-0.2, 0) is 18.9 Å². The summed E-state index contributed by atoms with van der Waals surface area (Å²) in [5, 5.41) is 2.87. The lowest BCUT2D eigenvalue weighted by atomic mass is 9.91. The van der Waals surface area contributed by atoms with Crippen molar-refractivity contribution in [2.24, 2.45) is 0 Å². The first-order chi connectivity index (χ1) is 18.6. The highest BCUT2D eigenvalue weighted by Gasteiger charge is 2.79. The van der Waals surface area contributed by atoms with Gasteiger partial charge in [-0.25, -0.2) is 15.0 Å². The number of nitrogens with one attached hydrogen (secondary N) is 1. The number of anilines is 1. The minimum Gasteiger partial charge on any atom is -0.378 e. The lowest BCUT2D eigenvalue weighted by Crippen LogP contribution is -2.53. The highest BCUT2D eigenvalue weighted by atomic mass is 16.7. The van der Waals surface area contributed by atoms with E-state index >= 15 is 0 Å². The van der Waals surface area contributed by atoms with Crippen LogP contribution < -0.4 is 5.32 Å². The number of nitrogens with zero attached hydrogens (tertiary/aromatic N) is 4. The summed E-state index contributed by atoms with van der Waals surface area (Å²) in [7, 11) is 0. The highest BCUT2D eigenvalue weighted by molar-refractivity contribution is 6.06. The van der Waals surface area contributed by atoms with E-state index in [-0.39, 0.29) is 23.7 Å². The Kier molecular flexibility index (Phi) is 6.90. The molecule has 2 saturated heterocycles. The maximum absolute atomic E-state index is 12.8. The van der Waals surface area contributed by atoms with Gasteiger partial charge in [0.2, 0.25) is 0 Å². The Bertz CT molecular complexity index is 1280. The van der Waals surface area contributed by atoms with Crippen LogP contribution in [0.4, 0.5) is 5.82 Å². The zero-order valence-electron chi connectivity index (χ0n) is 22.0. The molecule has 3 aromatic rings. The van der Waals surface area contributed by atoms with Gasteiger partial charge in [0.25, 0.3) is 5.91 Å². The van der Waals surface area contributed by atoms with Crippen LogP contribution in [0, 0.1) is 0 Å². The summed E-state index contributed by atoms with van der Waals surface area (Å²) in [6.07, 6.45) is 8.01. The Hall–Kier alpha value is -2.92. The standard InChI is InChI=1S/C28H35N5O5/c1-3-5-14-35-16-28-22(36-15-6-4-2)21(37-27(28)12-13-27)26(38-28)33-18-31-20-23(29-17-30-24(20)33)32-25(34)19-10-8-7-9-11-19/h7-11,17-18,21-22,26H,3-6,12-16H2,1-2H3,(H,29,30,32,34)/t21-,22?,26+,28+/m0/s1. The number of benzene rings is 1. The average Bonchev–Trinajstić information content (AvgIpc) is 3.38. The lowest BCUT2D eigenvalue weighted by Gasteiger charge is -2.38. The molecule has 4 atom stereocenters. The van der Waals surface area contributed by atoms with Gasteiger partial charge in [0.15, 0.2) is 28.8 Å². The van der Waals surface area contributed by atoms with E-state index in [2.05, 4.69) is 34.1 Å². The zero-order chi connectivity index (χ0) is 26.2. The van der Waals surface area contributed by atoms with E-state index in [4.69, 9.17) is 18.9 Å². The average molecular weight is 522 g/mol. The number of carbonyl (C=O) groups excluding carboxylic acids is 1. The molecule has 1 aliphatic carbocycles. The molecule has 1 saturated carbocycles. The van der Waals surface area contributed by atoms with Gasteiger partial charge in [-0.15, -0.1) is 0 Å². The van der Waals surface area contributed by atoms with Crippen molar-refractivity contribution in [3.8, 4) is 0 Å². The second kappa shape index (κ2) is 10.3. The Morgan fingerprint density at radius 3 is 2.63 bits per heavy atom. The molecule has 2 aliphatic heterocycles. The number of carbonyl (C=O) groups is 1. The predicted molar refractivity (Wildman–Crippen MR) is 140 cm³/mol. The summed E-state index contributed by atoms with van der Waals surface area (Å²) in [6.45, 7) is 6.06. The molecule has 1 amide bonds. The SMILES string of the molecule is CCCCOC[C@]12O[C@@H](n3cnc4c(NC(=O)c5ccccc5)ncnc43)[C@@H](OC13CC3)C2OCCCC. The second-order valence-electron chi connectivity index (χ2n) is 10.4. The first kappa shape index (κ1) is 25.4. The van der Waals surface area contributed by atoms with E-state index in [1.54, 1.807) is 18.5 Å². The minimum atomic E-state index is -0.683. The number of imidazole rings is 1. The van der Waals surface area contributed by atoms with Gasteiger partial charge in [0.05, 0.1) is 12.9 Å². The van der Waals surface area contributed by atoms with E-state index in [9.17, 15) is 4.79 Å². The third kappa shape index (κ3) is 4.20. The number of amides is 1. The Balaban J connectivity index is 1.29. The molecule has 10 heteroatoms. The third-order valence-corrected chi connectivity index (χ3v) is 7.86. The molecule has 1 N–H and O–H groups in total. The van der Waals surface area contributed by atoms with Gasteiger partial charge in [0, 0.05) is 18.8 Å². The van der Waals surface area contributed by atoms with Crippen LogP contribution >= 0.6 is 0 Å². The summed E-state index contributed by atoms with van der Waals surface area (Å²) in [4.78, 5) is 26.1. The number of rotatable bonds is 12. The molecule has 3 fully saturated rings. The van der Waals surface area contributed by atoms with Crippen LogP contribution in [0.1, 0.15) is 69.0 Å². The molecular formula is C28H35N5O5. The maximum Gasteiger partial charge on any atom is 0.256 e. The van der Waals surface area contributed by atoms with Crippen molar-refractivity contribution in [3.63, 3.8) is 0 Å². The van der Waals surface area contributed by atoms with Crippen LogP contribution in [0.3, 0.4) is 0 Å². The van der Waals surface area contributed by atoms with Gasteiger partial charge >= 0.3 is 0 Å². The van der Waals surface area contributed by atoms with Crippen LogP contribution in [0.2, 0.25) is 0 Å². The van der Waals surface area contributed by atoms with Crippen LogP contribution in [-0.4, -0.2) is 68.7 Å². The molecule has 1 aromatic carbocycles. The molecule has 3 aliphatic rings. The van der Waals surface area contributed by atoms with E-state index in [0.29, 0.717) is 42.4 Å². The molecule has 0 radical (unpaired) electrons. The predicted octanol–water partition coefficient (Wildman–Crippen LogP) is 4.28. The molecule has 10 nitrogen and oxygen atoms in total. The van der Waals surface area contributed by atoms with Crippen LogP contribution in [0.15, 0.2) is 43.0 Å². The topological polar surface area (TPSA) is 110 Å². The summed E-state index contributed by atoms with van der Waals surface area (Å²) in [6, 6.07) is 9.01. The summed E-state index contributed by atoms with van der Waals surface area (Å²) >= 11 is 0. The van der Waals surface area contributed by atoms with E-state index in [1.807, 2.05) is 22.8 Å². The minimum absolute atomic E-state index is 0.250. The normalized spacial score (nSPS) is 26.8. The number of fused-ring (bicyclic) bond motifs is 4. The molecule has 1 spiro atoms. The van der Waals surface area contributed by atoms with Crippen molar-refractivity contribution in [3.05, 3.63) is 48.5 Å². The monoisotopic (exact) mass is 521 g/mol. The molecule has 2 aromatic heterocycles. The van der Waals surface area contributed by atoms with Gasteiger partial charge in [-0.2, -0.15) is 0 Å². The zero-order valence-corrected chi connectivity index (χ0v) is 22.0. The van der Waals surface area contributed by atoms with Gasteiger partial charge < -0.3 is 24.3 Å². The Morgan fingerprint density at radius 1 is 1.08 bits per heavy atom. The molecule has 1 unspecified atom stereocenters. The van der Waals surface area contributed by atoms with Crippen molar-refractivity contribution >= 4 is 22.9 Å². The quantitative estimate of drug-likeness (QED) is 0.352. The van der Waals surface area contributed by atoms with Crippen LogP contribution in [0.5, 0.6) is 0 Å². The second-order valence-corrected chi connectivity index (χ2v) is 10.4. The van der Waals surface area contributed by atoms with Crippen molar-refractivity contribution in [1.29, 1.82) is 0 Å². The fourth-order valence-corrected chi connectivity index (χ4v) is 5.68. The summed E-state index contributed by atoms with van der Waals surface area (Å²) in [5.41, 5.74) is 0.537. The van der Waals surface area contributed by atoms with Crippen molar-refractivity contribution in [2.45, 2.75) is 82.0 Å². The molecular weight excluding hydrogens is 486 g/mol. The first-order valence-electron chi connectivity index (χ1n) is 13.7. The summed E-state index contributed by atoms with van der Waals surface area (Å²) in [5.74, 6) is 0.0848. The lowest BCUT2D eigenvalue weighted by molar-refractivity contribution is -0.239. The van der Waals surface area contributed by atoms with Crippen molar-refractivity contribution in [2.75, 3.05) is 25.1 Å². The fraction of sp³-hybridized carbons (Fsp3) is 0.571. The first-order valence-corrected chi connectivity index (χ1v) is 13.7. The molecule has 202 valence electrons. The molecule has 4 heterocycles. The fourth-order valence-electron chi connectivity index (χ4n) is 5.68. The van der Waals surface area contributed by atoms with E-state index in [0.717, 1.165) is 38.5 Å². The van der Waals surface area contributed by atoms with Gasteiger partial charge in [0.1, 0.15) is 24.1 Å². The van der Waals surface area contributed by atoms with Gasteiger partial charge in [-0.3, -0.25) is 9.36 Å². The third-order valence-electron chi connectivity index (χ3n) is 7.86. The van der Waals surface area contributed by atoms with Crippen molar-refractivity contribution in [1.82, 2.24) is 19.5 Å². The molecule has 38 heavy (non-hydrogen) atoms. The van der Waals surface area contributed by atoms with Gasteiger partial charge in [-0.05, 0) is 37.8 Å². The van der Waals surface area contributed by atoms with E-state index in [1.165, 1.54) is 6.33 Å². The molecule has 6 rings (SSSR count). The largest absolute Gasteiger partial charge is 0.378 e.